The van der Waals surface area contributed by atoms with Crippen LogP contribution in [-0.4, -0.2) is 47.8 Å². The molecule has 6 rings (SSSR count). The van der Waals surface area contributed by atoms with Crippen LogP contribution in [0.1, 0.15) is 63.5 Å². The summed E-state index contributed by atoms with van der Waals surface area (Å²) in [5.41, 5.74) is 4.25. The number of amides is 2. The average molecular weight is 450 g/mol. The molecule has 0 bridgehead atoms. The summed E-state index contributed by atoms with van der Waals surface area (Å²) in [6.07, 6.45) is 7.64. The third kappa shape index (κ3) is 3.47. The van der Waals surface area contributed by atoms with Gasteiger partial charge in [-0.05, 0) is 80.0 Å². The van der Waals surface area contributed by atoms with E-state index in [-0.39, 0.29) is 17.7 Å². The van der Waals surface area contributed by atoms with Gasteiger partial charge in [0.2, 0.25) is 11.8 Å². The highest BCUT2D eigenvalue weighted by Gasteiger charge is 2.64. The fourth-order valence-electron chi connectivity index (χ4n) is 7.09. The minimum absolute atomic E-state index is 0.187. The van der Waals surface area contributed by atoms with Crippen LogP contribution < -0.4 is 15.5 Å². The number of hydrogen-bond acceptors (Lipinski definition) is 5. The molecule has 0 spiro atoms. The molecular weight excluding hydrogens is 414 g/mol. The van der Waals surface area contributed by atoms with E-state index in [9.17, 15) is 9.59 Å². The monoisotopic (exact) mass is 449 g/mol. The SMILES string of the molecule is Cn1nc(C2CCC(=O)NC2=O)c2ccc(N3CCC(C[C@]45CCNC[C@@]4(C)C5)CC3)cc21. The molecule has 1 unspecified atom stereocenters. The van der Waals surface area contributed by atoms with Gasteiger partial charge in [-0.3, -0.25) is 19.6 Å². The van der Waals surface area contributed by atoms with E-state index in [4.69, 9.17) is 5.10 Å². The van der Waals surface area contributed by atoms with Crippen molar-refractivity contribution in [3.8, 4) is 0 Å². The van der Waals surface area contributed by atoms with Gasteiger partial charge < -0.3 is 10.2 Å². The van der Waals surface area contributed by atoms with Gasteiger partial charge in [-0.2, -0.15) is 5.10 Å². The van der Waals surface area contributed by atoms with Crippen LogP contribution in [0.5, 0.6) is 0 Å². The molecule has 3 atom stereocenters. The van der Waals surface area contributed by atoms with E-state index in [0.717, 1.165) is 35.6 Å². The molecule has 1 aliphatic carbocycles. The molecule has 1 aromatic heterocycles. The highest BCUT2D eigenvalue weighted by Crippen LogP contribution is 2.69. The van der Waals surface area contributed by atoms with E-state index >= 15 is 0 Å². The second-order valence-corrected chi connectivity index (χ2v) is 11.3. The molecule has 4 aliphatic rings. The molecule has 2 amide bonds. The molecule has 1 aromatic carbocycles. The Morgan fingerprint density at radius 2 is 2.00 bits per heavy atom. The second-order valence-electron chi connectivity index (χ2n) is 11.3. The molecule has 4 fully saturated rings. The number of aryl methyl sites for hydroxylation is 1. The summed E-state index contributed by atoms with van der Waals surface area (Å²) in [4.78, 5) is 26.5. The van der Waals surface area contributed by atoms with Gasteiger partial charge in [-0.1, -0.05) is 6.92 Å². The Morgan fingerprint density at radius 1 is 1.18 bits per heavy atom. The van der Waals surface area contributed by atoms with E-state index < -0.39 is 0 Å². The Bertz CT molecular complexity index is 1110. The van der Waals surface area contributed by atoms with Crippen LogP contribution in [0, 0.1) is 16.7 Å². The first-order valence-corrected chi connectivity index (χ1v) is 12.6. The summed E-state index contributed by atoms with van der Waals surface area (Å²) in [5, 5.41) is 11.8. The fraction of sp³-hybridized carbons (Fsp3) is 0.654. The molecule has 3 aliphatic heterocycles. The highest BCUT2D eigenvalue weighted by atomic mass is 16.2. The summed E-state index contributed by atoms with van der Waals surface area (Å²) < 4.78 is 1.88. The smallest absolute Gasteiger partial charge is 0.235 e. The maximum Gasteiger partial charge on any atom is 0.235 e. The minimum Gasteiger partial charge on any atom is -0.371 e. The van der Waals surface area contributed by atoms with Crippen LogP contribution >= 0.6 is 0 Å². The van der Waals surface area contributed by atoms with Crippen molar-refractivity contribution in [3.05, 3.63) is 23.9 Å². The first kappa shape index (κ1) is 21.1. The van der Waals surface area contributed by atoms with Gasteiger partial charge in [-0.25, -0.2) is 0 Å². The molecule has 7 heteroatoms. The second kappa shape index (κ2) is 7.55. The van der Waals surface area contributed by atoms with Gasteiger partial charge in [0.25, 0.3) is 0 Å². The number of carbonyl (C=O) groups excluding carboxylic acids is 2. The van der Waals surface area contributed by atoms with Crippen molar-refractivity contribution in [2.24, 2.45) is 23.8 Å². The van der Waals surface area contributed by atoms with Crippen molar-refractivity contribution >= 4 is 28.4 Å². The summed E-state index contributed by atoms with van der Waals surface area (Å²) in [6.45, 7) is 7.11. The van der Waals surface area contributed by atoms with Crippen LogP contribution in [0.2, 0.25) is 0 Å². The summed E-state index contributed by atoms with van der Waals surface area (Å²) in [7, 11) is 1.94. The molecule has 2 aromatic rings. The Morgan fingerprint density at radius 3 is 2.76 bits per heavy atom. The minimum atomic E-state index is -0.351. The predicted molar refractivity (Wildman–Crippen MR) is 128 cm³/mol. The lowest BCUT2D eigenvalue weighted by atomic mass is 9.78. The number of piperidine rings is 3. The van der Waals surface area contributed by atoms with E-state index in [1.165, 1.54) is 50.9 Å². The standard InChI is InChI=1S/C26H35N5O2/c1-25-15-26(25,9-10-27-16-25)14-17-7-11-31(12-8-17)18-3-4-19-21(13-18)30(2)29-23(19)20-5-6-22(32)28-24(20)33/h3-4,13,17,20,27H,5-12,14-16H2,1-2H3,(H,28,32,33)/t20?,25-,26+/m1/s1. The van der Waals surface area contributed by atoms with E-state index in [1.54, 1.807) is 0 Å². The Hall–Kier alpha value is -2.41. The van der Waals surface area contributed by atoms with Crippen LogP contribution in [0.3, 0.4) is 0 Å². The largest absolute Gasteiger partial charge is 0.371 e. The van der Waals surface area contributed by atoms with Crippen LogP contribution in [0.25, 0.3) is 10.9 Å². The topological polar surface area (TPSA) is 79.3 Å². The summed E-state index contributed by atoms with van der Waals surface area (Å²) in [5.74, 6) is 0.0850. The first-order chi connectivity index (χ1) is 15.9. The Balaban J connectivity index is 1.15. The van der Waals surface area contributed by atoms with Crippen LogP contribution in [0.4, 0.5) is 5.69 Å². The zero-order valence-corrected chi connectivity index (χ0v) is 19.8. The number of hydrogen-bond donors (Lipinski definition) is 2. The molecule has 4 heterocycles. The predicted octanol–water partition coefficient (Wildman–Crippen LogP) is 3.09. The number of rotatable bonds is 4. The Labute approximate surface area is 195 Å². The maximum atomic E-state index is 12.4. The fourth-order valence-corrected chi connectivity index (χ4v) is 7.09. The summed E-state index contributed by atoms with van der Waals surface area (Å²) >= 11 is 0. The van der Waals surface area contributed by atoms with Gasteiger partial charge in [-0.15, -0.1) is 0 Å². The lowest BCUT2D eigenvalue weighted by Gasteiger charge is -2.37. The first-order valence-electron chi connectivity index (χ1n) is 12.6. The molecule has 3 saturated heterocycles. The third-order valence-electron chi connectivity index (χ3n) is 9.27. The molecule has 176 valence electrons. The maximum absolute atomic E-state index is 12.4. The molecular formula is C26H35N5O2. The zero-order chi connectivity index (χ0) is 22.8. The Kier molecular flexibility index (Phi) is 4.84. The number of imide groups is 1. The third-order valence-corrected chi connectivity index (χ3v) is 9.27. The van der Waals surface area contributed by atoms with Gasteiger partial charge in [0.05, 0.1) is 17.1 Å². The van der Waals surface area contributed by atoms with Gasteiger partial charge in [0.15, 0.2) is 0 Å². The van der Waals surface area contributed by atoms with Crippen LogP contribution in [0.15, 0.2) is 18.2 Å². The van der Waals surface area contributed by atoms with Crippen molar-refractivity contribution in [1.82, 2.24) is 20.4 Å². The molecule has 0 radical (unpaired) electrons. The number of anilines is 1. The molecule has 7 nitrogen and oxygen atoms in total. The molecule has 33 heavy (non-hydrogen) atoms. The van der Waals surface area contributed by atoms with Crippen LogP contribution in [-0.2, 0) is 16.6 Å². The number of carbonyl (C=O) groups is 2. The quantitative estimate of drug-likeness (QED) is 0.702. The van der Waals surface area contributed by atoms with Crippen molar-refractivity contribution in [2.45, 2.75) is 57.8 Å². The van der Waals surface area contributed by atoms with Gasteiger partial charge in [0, 0.05) is 44.2 Å². The van der Waals surface area contributed by atoms with Crippen molar-refractivity contribution in [3.63, 3.8) is 0 Å². The summed E-state index contributed by atoms with van der Waals surface area (Å²) in [6, 6.07) is 6.52. The number of nitrogens with zero attached hydrogens (tertiary/aromatic N) is 3. The molecule has 1 saturated carbocycles. The average Bonchev–Trinajstić information content (AvgIpc) is 3.30. The number of fused-ring (bicyclic) bond motifs is 2. The highest BCUT2D eigenvalue weighted by molar-refractivity contribution is 6.02. The van der Waals surface area contributed by atoms with E-state index in [0.29, 0.717) is 23.7 Å². The lowest BCUT2D eigenvalue weighted by Crippen LogP contribution is -2.39. The van der Waals surface area contributed by atoms with E-state index in [2.05, 4.69) is 40.7 Å². The number of nitrogens with one attached hydrogen (secondary N) is 2. The normalized spacial score (nSPS) is 32.7. The van der Waals surface area contributed by atoms with Crippen molar-refractivity contribution in [2.75, 3.05) is 31.1 Å². The van der Waals surface area contributed by atoms with Crippen molar-refractivity contribution < 1.29 is 9.59 Å². The zero-order valence-electron chi connectivity index (χ0n) is 19.8. The lowest BCUT2D eigenvalue weighted by molar-refractivity contribution is -0.134. The van der Waals surface area contributed by atoms with E-state index in [1.807, 2.05) is 11.7 Å². The number of benzene rings is 1. The van der Waals surface area contributed by atoms with Gasteiger partial charge >= 0.3 is 0 Å². The van der Waals surface area contributed by atoms with Gasteiger partial charge in [0.1, 0.15) is 0 Å². The molecule has 2 N–H and O–H groups in total. The van der Waals surface area contributed by atoms with Crippen molar-refractivity contribution in [1.29, 1.82) is 0 Å². The number of aromatic nitrogens is 2.